The van der Waals surface area contributed by atoms with E-state index in [0.717, 1.165) is 11.4 Å². The van der Waals surface area contributed by atoms with Crippen LogP contribution >= 0.6 is 11.6 Å². The summed E-state index contributed by atoms with van der Waals surface area (Å²) in [5.74, 6) is 0.719. The Bertz CT molecular complexity index is 439. The van der Waals surface area contributed by atoms with Crippen molar-refractivity contribution < 1.29 is 5.11 Å². The van der Waals surface area contributed by atoms with Crippen LogP contribution in [-0.4, -0.2) is 15.1 Å². The minimum atomic E-state index is -0.0342. The molecule has 0 amide bonds. The van der Waals surface area contributed by atoms with Crippen molar-refractivity contribution in [2.24, 2.45) is 0 Å². The van der Waals surface area contributed by atoms with Gasteiger partial charge in [0.1, 0.15) is 5.82 Å². The molecule has 0 radical (unpaired) electrons. The van der Waals surface area contributed by atoms with E-state index in [0.29, 0.717) is 10.7 Å². The molecule has 0 bridgehead atoms. The molecular formula is C10H9ClN2O. The van der Waals surface area contributed by atoms with Crippen molar-refractivity contribution in [2.75, 3.05) is 0 Å². The number of aliphatic hydroxyl groups excluding tert-OH is 1. The number of aromatic nitrogens is 2. The fourth-order valence-corrected chi connectivity index (χ4v) is 1.41. The van der Waals surface area contributed by atoms with Crippen LogP contribution in [0.15, 0.2) is 30.5 Å². The van der Waals surface area contributed by atoms with Crippen LogP contribution in [0.5, 0.6) is 0 Å². The summed E-state index contributed by atoms with van der Waals surface area (Å²) < 4.78 is 0. The number of aliphatic hydroxyl groups is 1. The molecule has 0 saturated heterocycles. The third-order valence-corrected chi connectivity index (χ3v) is 2.13. The quantitative estimate of drug-likeness (QED) is 0.795. The van der Waals surface area contributed by atoms with Gasteiger partial charge >= 0.3 is 0 Å². The van der Waals surface area contributed by atoms with Gasteiger partial charge in [0.25, 0.3) is 0 Å². The maximum atomic E-state index is 8.86. The molecule has 14 heavy (non-hydrogen) atoms. The van der Waals surface area contributed by atoms with Gasteiger partial charge in [-0.2, -0.15) is 0 Å². The lowest BCUT2D eigenvalue weighted by molar-refractivity contribution is 0.277. The predicted molar refractivity (Wildman–Crippen MR) is 55.0 cm³/mol. The molecular weight excluding hydrogens is 200 g/mol. The molecule has 0 aliphatic heterocycles. The largest absolute Gasteiger partial charge is 0.390 e. The van der Waals surface area contributed by atoms with E-state index in [-0.39, 0.29) is 6.61 Å². The minimum Gasteiger partial charge on any atom is -0.390 e. The number of nitrogens with one attached hydrogen (secondary N) is 1. The number of hydrogen-bond donors (Lipinski definition) is 2. The van der Waals surface area contributed by atoms with Gasteiger partial charge in [-0.15, -0.1) is 0 Å². The van der Waals surface area contributed by atoms with Crippen molar-refractivity contribution in [1.29, 1.82) is 0 Å². The maximum Gasteiger partial charge on any atom is 0.137 e. The zero-order valence-corrected chi connectivity index (χ0v) is 8.12. The van der Waals surface area contributed by atoms with Crippen LogP contribution in [-0.2, 0) is 6.61 Å². The van der Waals surface area contributed by atoms with Crippen molar-refractivity contribution in [1.82, 2.24) is 9.97 Å². The molecule has 0 unspecified atom stereocenters. The van der Waals surface area contributed by atoms with Crippen LogP contribution in [0.25, 0.3) is 11.4 Å². The molecule has 0 aliphatic carbocycles. The maximum absolute atomic E-state index is 8.86. The van der Waals surface area contributed by atoms with Gasteiger partial charge in [0.15, 0.2) is 0 Å². The van der Waals surface area contributed by atoms with Crippen LogP contribution < -0.4 is 0 Å². The summed E-state index contributed by atoms with van der Waals surface area (Å²) in [7, 11) is 0. The average Bonchev–Trinajstić information content (AvgIpc) is 2.66. The van der Waals surface area contributed by atoms with E-state index in [1.165, 1.54) is 0 Å². The summed E-state index contributed by atoms with van der Waals surface area (Å²) in [5, 5.41) is 9.53. The second kappa shape index (κ2) is 3.82. The van der Waals surface area contributed by atoms with Crippen LogP contribution in [0.2, 0.25) is 5.02 Å². The Morgan fingerprint density at radius 3 is 2.93 bits per heavy atom. The molecule has 3 nitrogen and oxygen atoms in total. The summed E-state index contributed by atoms with van der Waals surface area (Å²) in [5.41, 5.74) is 1.61. The Morgan fingerprint density at radius 2 is 2.29 bits per heavy atom. The van der Waals surface area contributed by atoms with Crippen LogP contribution in [0.1, 0.15) is 5.69 Å². The SMILES string of the molecule is OCc1cnc(-c2cccc(Cl)c2)[nH]1. The van der Waals surface area contributed by atoms with Crippen LogP contribution in [0.3, 0.4) is 0 Å². The van der Waals surface area contributed by atoms with Crippen LogP contribution in [0.4, 0.5) is 0 Å². The number of imidazole rings is 1. The third kappa shape index (κ3) is 1.78. The summed E-state index contributed by atoms with van der Waals surface area (Å²) >= 11 is 5.84. The van der Waals surface area contributed by atoms with E-state index in [2.05, 4.69) is 9.97 Å². The molecule has 1 heterocycles. The van der Waals surface area contributed by atoms with E-state index in [9.17, 15) is 0 Å². The number of aromatic amines is 1. The van der Waals surface area contributed by atoms with Crippen molar-refractivity contribution in [3.05, 3.63) is 41.2 Å². The molecule has 0 fully saturated rings. The van der Waals surface area contributed by atoms with Gasteiger partial charge in [-0.1, -0.05) is 23.7 Å². The molecule has 4 heteroatoms. The van der Waals surface area contributed by atoms with E-state index in [1.54, 1.807) is 12.3 Å². The Morgan fingerprint density at radius 1 is 1.43 bits per heavy atom. The lowest BCUT2D eigenvalue weighted by atomic mass is 10.2. The standard InChI is InChI=1S/C10H9ClN2O/c11-8-3-1-2-7(4-8)10-12-5-9(6-14)13-10/h1-5,14H,6H2,(H,12,13). The van der Waals surface area contributed by atoms with Gasteiger partial charge in [0.05, 0.1) is 18.5 Å². The minimum absolute atomic E-state index is 0.0342. The molecule has 2 aromatic rings. The monoisotopic (exact) mass is 208 g/mol. The summed E-state index contributed by atoms with van der Waals surface area (Å²) in [6.07, 6.45) is 1.61. The normalized spacial score (nSPS) is 10.4. The highest BCUT2D eigenvalue weighted by Gasteiger charge is 2.02. The number of hydrogen-bond acceptors (Lipinski definition) is 2. The van der Waals surface area contributed by atoms with Gasteiger partial charge in [-0.3, -0.25) is 0 Å². The van der Waals surface area contributed by atoms with E-state index in [1.807, 2.05) is 18.2 Å². The lowest BCUT2D eigenvalue weighted by Gasteiger charge is -1.96. The lowest BCUT2D eigenvalue weighted by Crippen LogP contribution is -1.83. The molecule has 0 spiro atoms. The van der Waals surface area contributed by atoms with E-state index >= 15 is 0 Å². The zero-order chi connectivity index (χ0) is 9.97. The molecule has 72 valence electrons. The molecule has 1 aromatic heterocycles. The molecule has 2 N–H and O–H groups in total. The topological polar surface area (TPSA) is 48.9 Å². The first-order chi connectivity index (χ1) is 6.79. The highest BCUT2D eigenvalue weighted by atomic mass is 35.5. The number of nitrogens with zero attached hydrogens (tertiary/aromatic N) is 1. The van der Waals surface area contributed by atoms with Gasteiger partial charge in [0, 0.05) is 10.6 Å². The fraction of sp³-hybridized carbons (Fsp3) is 0.100. The fourth-order valence-electron chi connectivity index (χ4n) is 1.22. The van der Waals surface area contributed by atoms with E-state index in [4.69, 9.17) is 16.7 Å². The Labute approximate surface area is 86.4 Å². The molecule has 0 saturated carbocycles. The van der Waals surface area contributed by atoms with Crippen LogP contribution in [0, 0.1) is 0 Å². The van der Waals surface area contributed by atoms with Gasteiger partial charge in [-0.25, -0.2) is 4.98 Å². The van der Waals surface area contributed by atoms with E-state index < -0.39 is 0 Å². The summed E-state index contributed by atoms with van der Waals surface area (Å²) in [4.78, 5) is 7.11. The Hall–Kier alpha value is -1.32. The molecule has 1 aromatic carbocycles. The van der Waals surface area contributed by atoms with Crippen molar-refractivity contribution >= 4 is 11.6 Å². The first-order valence-electron chi connectivity index (χ1n) is 4.20. The van der Waals surface area contributed by atoms with Crippen molar-refractivity contribution in [3.63, 3.8) is 0 Å². The zero-order valence-electron chi connectivity index (χ0n) is 7.37. The Balaban J connectivity index is 2.39. The number of rotatable bonds is 2. The van der Waals surface area contributed by atoms with Crippen molar-refractivity contribution in [2.45, 2.75) is 6.61 Å². The molecule has 0 atom stereocenters. The number of H-pyrrole nitrogens is 1. The highest BCUT2D eigenvalue weighted by Crippen LogP contribution is 2.19. The summed E-state index contributed by atoms with van der Waals surface area (Å²) in [6, 6.07) is 7.40. The number of halogens is 1. The second-order valence-corrected chi connectivity index (χ2v) is 3.36. The average molecular weight is 209 g/mol. The summed E-state index contributed by atoms with van der Waals surface area (Å²) in [6.45, 7) is -0.0342. The third-order valence-electron chi connectivity index (χ3n) is 1.90. The van der Waals surface area contributed by atoms with Gasteiger partial charge in [-0.05, 0) is 12.1 Å². The van der Waals surface area contributed by atoms with Crippen molar-refractivity contribution in [3.8, 4) is 11.4 Å². The number of benzene rings is 1. The first kappa shape index (κ1) is 9.24. The predicted octanol–water partition coefficient (Wildman–Crippen LogP) is 2.22. The molecule has 2 rings (SSSR count). The Kier molecular flexibility index (Phi) is 2.52. The second-order valence-electron chi connectivity index (χ2n) is 2.93. The van der Waals surface area contributed by atoms with Gasteiger partial charge < -0.3 is 10.1 Å². The first-order valence-corrected chi connectivity index (χ1v) is 4.58. The van der Waals surface area contributed by atoms with Gasteiger partial charge in [0.2, 0.25) is 0 Å². The highest BCUT2D eigenvalue weighted by molar-refractivity contribution is 6.30. The molecule has 0 aliphatic rings. The smallest absolute Gasteiger partial charge is 0.137 e.